The van der Waals surface area contributed by atoms with E-state index in [1.54, 1.807) is 0 Å². The summed E-state index contributed by atoms with van der Waals surface area (Å²) in [6.45, 7) is 0. The number of aromatic amines is 4. The molecule has 0 spiro atoms. The summed E-state index contributed by atoms with van der Waals surface area (Å²) in [5.41, 5.74) is -0.970. The molecule has 4 heterocycles. The predicted octanol–water partition coefficient (Wildman–Crippen LogP) is 7.85. The number of aromatic nitrogens is 10. The van der Waals surface area contributed by atoms with Gasteiger partial charge >= 0.3 is 11.4 Å². The molecule has 336 valence electrons. The number of H-pyrrole nitrogens is 4. The molecule has 10 rings (SSSR count). The predicted molar refractivity (Wildman–Crippen MR) is 257 cm³/mol. The Morgan fingerprint density at radius 2 is 0.926 bits per heavy atom. The molecule has 0 aliphatic rings. The molecule has 0 atom stereocenters. The van der Waals surface area contributed by atoms with Crippen molar-refractivity contribution in [1.82, 2.24) is 49.9 Å². The molecule has 4 aromatic heterocycles. The van der Waals surface area contributed by atoms with Crippen molar-refractivity contribution in [1.29, 1.82) is 0 Å². The van der Waals surface area contributed by atoms with Crippen LogP contribution in [0.3, 0.4) is 0 Å². The van der Waals surface area contributed by atoms with Crippen molar-refractivity contribution in [3.63, 3.8) is 0 Å². The lowest BCUT2D eigenvalue weighted by Crippen LogP contribution is -2.30. The minimum absolute atomic E-state index is 0.0543. The summed E-state index contributed by atoms with van der Waals surface area (Å²) in [5, 5.41) is 24.5. The van der Waals surface area contributed by atoms with Gasteiger partial charge in [-0.1, -0.05) is 119 Å². The maximum absolute atomic E-state index is 12.5. The molecule has 0 saturated carbocycles. The molecule has 0 radical (unpaired) electrons. The van der Waals surface area contributed by atoms with Gasteiger partial charge < -0.3 is 9.47 Å². The van der Waals surface area contributed by atoms with Crippen molar-refractivity contribution in [3.8, 4) is 56.9 Å². The third kappa shape index (κ3) is 9.46. The fourth-order valence-corrected chi connectivity index (χ4v) is 7.96. The van der Waals surface area contributed by atoms with Gasteiger partial charge in [-0.3, -0.25) is 29.1 Å². The molecule has 0 aliphatic heterocycles. The van der Waals surface area contributed by atoms with Crippen LogP contribution in [0, 0.1) is 0 Å². The Balaban J connectivity index is 0.000000170. The van der Waals surface area contributed by atoms with Gasteiger partial charge in [-0.2, -0.15) is 19.6 Å². The van der Waals surface area contributed by atoms with E-state index in [-0.39, 0.29) is 54.7 Å². The van der Waals surface area contributed by atoms with E-state index in [1.165, 1.54) is 36.4 Å². The Labute approximate surface area is 398 Å². The van der Waals surface area contributed by atoms with Gasteiger partial charge in [-0.25, -0.2) is 19.8 Å². The second-order valence-electron chi connectivity index (χ2n) is 14.4. The van der Waals surface area contributed by atoms with Crippen LogP contribution >= 0.6 is 46.4 Å². The van der Waals surface area contributed by atoms with Crippen molar-refractivity contribution >= 4 is 67.9 Å². The van der Waals surface area contributed by atoms with Gasteiger partial charge in [0.15, 0.2) is 11.5 Å². The lowest BCUT2D eigenvalue weighted by molar-refractivity contribution is 0.455. The van der Waals surface area contributed by atoms with E-state index in [2.05, 4.69) is 40.6 Å². The molecule has 0 bridgehead atoms. The summed E-state index contributed by atoms with van der Waals surface area (Å²) in [6, 6.07) is 35.4. The van der Waals surface area contributed by atoms with Crippen LogP contribution in [0.4, 0.5) is 0 Å². The van der Waals surface area contributed by atoms with E-state index in [0.29, 0.717) is 22.3 Å². The van der Waals surface area contributed by atoms with E-state index in [4.69, 9.17) is 55.9 Å². The van der Waals surface area contributed by atoms with Crippen LogP contribution in [0.1, 0.15) is 0 Å². The number of hydrogen-bond acceptors (Lipinski definition) is 12. The van der Waals surface area contributed by atoms with Crippen molar-refractivity contribution in [2.45, 2.75) is 0 Å². The number of hydrogen-bond donors (Lipinski definition) is 4. The molecule has 10 aromatic rings. The molecule has 4 N–H and O–H groups in total. The average Bonchev–Trinajstić information content (AvgIpc) is 3.32. The molecular formula is C46H26Cl4N10O8. The maximum atomic E-state index is 12.5. The SMILES string of the molecule is O=c1cc(-c2ccc3ccccc3c2)c(Oc2c(Cl)cc(-n3ncc(=O)[nH]c3=O)cc2Cl)n[nH]1.O=c1cnn(-c2cc(Cl)c(Oc3cc(-c4ccc5ccccc5c4)c(=O)[nH]n3)c(Cl)c2)c(=O)[nH]1. The van der Waals surface area contributed by atoms with Gasteiger partial charge in [0.05, 0.1) is 42.6 Å². The minimum Gasteiger partial charge on any atom is -0.434 e. The van der Waals surface area contributed by atoms with Crippen LogP contribution in [0.5, 0.6) is 23.3 Å². The second kappa shape index (κ2) is 18.8. The topological polar surface area (TPSA) is 245 Å². The highest BCUT2D eigenvalue weighted by Crippen LogP contribution is 2.41. The zero-order chi connectivity index (χ0) is 47.6. The highest BCUT2D eigenvalue weighted by Gasteiger charge is 2.19. The molecule has 0 fully saturated rings. The van der Waals surface area contributed by atoms with Crippen molar-refractivity contribution in [2.75, 3.05) is 0 Å². The number of ether oxygens (including phenoxy) is 2. The van der Waals surface area contributed by atoms with Gasteiger partial charge in [-0.05, 0) is 69.1 Å². The van der Waals surface area contributed by atoms with Gasteiger partial charge in [0.1, 0.15) is 12.4 Å². The lowest BCUT2D eigenvalue weighted by atomic mass is 10.0. The quantitative estimate of drug-likeness (QED) is 0.114. The van der Waals surface area contributed by atoms with Gasteiger partial charge in [-0.15, -0.1) is 10.2 Å². The van der Waals surface area contributed by atoms with Gasteiger partial charge in [0.25, 0.3) is 22.2 Å². The average molecular weight is 989 g/mol. The van der Waals surface area contributed by atoms with Crippen LogP contribution < -0.4 is 43.1 Å². The van der Waals surface area contributed by atoms with Crippen LogP contribution in [0.25, 0.3) is 55.2 Å². The molecule has 22 heteroatoms. The molecule has 0 aliphatic carbocycles. The lowest BCUT2D eigenvalue weighted by Gasteiger charge is -2.14. The molecule has 0 unspecified atom stereocenters. The van der Waals surface area contributed by atoms with Crippen LogP contribution in [-0.2, 0) is 0 Å². The zero-order valence-electron chi connectivity index (χ0n) is 34.2. The van der Waals surface area contributed by atoms with Crippen LogP contribution in [-0.4, -0.2) is 49.9 Å². The molecular weight excluding hydrogens is 962 g/mol. The van der Waals surface area contributed by atoms with E-state index in [9.17, 15) is 28.8 Å². The zero-order valence-corrected chi connectivity index (χ0v) is 37.2. The first kappa shape index (κ1) is 44.8. The molecule has 68 heavy (non-hydrogen) atoms. The standard InChI is InChI=1S/2C23H13Cl2N5O4/c24-17-8-15(30-23(33)27-19(31)11-26-30)9-18(25)21(17)34-20-10-16(22(32)29-28-20)14-6-5-12-3-1-2-4-13(12)7-14;24-17-8-15(30-23(33)27-20(32)11-26-30)9-18(25)21(17)34-22-16(10-19(31)28-29-22)14-6-5-12-3-1-2-4-13(12)7-14/h1-11H,(H,29,32)(H,27,31,33);1-11H,(H,28,31)(H,27,32,33). The first-order chi connectivity index (χ1) is 32.8. The number of rotatable bonds is 8. The number of fused-ring (bicyclic) bond motifs is 2. The van der Waals surface area contributed by atoms with Crippen molar-refractivity contribution in [3.05, 3.63) is 216 Å². The van der Waals surface area contributed by atoms with Crippen LogP contribution in [0.15, 0.2) is 162 Å². The third-order valence-electron chi connectivity index (χ3n) is 9.96. The Bertz CT molecular complexity index is 3950. The minimum atomic E-state index is -0.755. The number of nitrogens with one attached hydrogen (secondary N) is 4. The highest BCUT2D eigenvalue weighted by molar-refractivity contribution is 6.38. The second-order valence-corrected chi connectivity index (χ2v) is 16.0. The number of benzene rings is 6. The Kier molecular flexibility index (Phi) is 12.4. The Morgan fingerprint density at radius 3 is 1.43 bits per heavy atom. The highest BCUT2D eigenvalue weighted by atomic mass is 35.5. The number of halogens is 4. The first-order valence-electron chi connectivity index (χ1n) is 19.7. The number of nitrogens with zero attached hydrogens (tertiary/aromatic N) is 6. The van der Waals surface area contributed by atoms with E-state index < -0.39 is 33.6 Å². The van der Waals surface area contributed by atoms with E-state index in [0.717, 1.165) is 43.3 Å². The van der Waals surface area contributed by atoms with E-state index in [1.807, 2.05) is 84.9 Å². The Hall–Kier alpha value is -8.42. The first-order valence-corrected chi connectivity index (χ1v) is 21.2. The van der Waals surface area contributed by atoms with Crippen molar-refractivity contribution in [2.24, 2.45) is 0 Å². The maximum Gasteiger partial charge on any atom is 0.349 e. The van der Waals surface area contributed by atoms with E-state index >= 15 is 0 Å². The summed E-state index contributed by atoms with van der Waals surface area (Å²) in [4.78, 5) is 75.3. The third-order valence-corrected chi connectivity index (χ3v) is 11.1. The van der Waals surface area contributed by atoms with Crippen molar-refractivity contribution < 1.29 is 9.47 Å². The van der Waals surface area contributed by atoms with Gasteiger partial charge in [0.2, 0.25) is 11.8 Å². The summed E-state index contributed by atoms with van der Waals surface area (Å²) >= 11 is 25.5. The molecule has 0 saturated heterocycles. The normalized spacial score (nSPS) is 11.0. The summed E-state index contributed by atoms with van der Waals surface area (Å²) in [5.74, 6) is 0.254. The van der Waals surface area contributed by atoms with Gasteiger partial charge in [0, 0.05) is 12.1 Å². The fourth-order valence-electron chi connectivity index (χ4n) is 6.85. The molecule has 6 aromatic carbocycles. The fraction of sp³-hybridized carbons (Fsp3) is 0. The Morgan fingerprint density at radius 1 is 0.456 bits per heavy atom. The van der Waals surface area contributed by atoms with Crippen LogP contribution in [0.2, 0.25) is 20.1 Å². The largest absolute Gasteiger partial charge is 0.434 e. The molecule has 18 nitrogen and oxygen atoms in total. The summed E-state index contributed by atoms with van der Waals surface area (Å²) in [6.07, 6.45) is 1.90. The molecule has 0 amide bonds. The summed E-state index contributed by atoms with van der Waals surface area (Å²) < 4.78 is 13.6. The smallest absolute Gasteiger partial charge is 0.349 e. The monoisotopic (exact) mass is 986 g/mol. The summed E-state index contributed by atoms with van der Waals surface area (Å²) in [7, 11) is 0.